The molecule has 0 spiro atoms. The number of hydrogen-bond acceptors (Lipinski definition) is 6. The Bertz CT molecular complexity index is 771. The molecule has 1 fully saturated rings. The van der Waals surface area contributed by atoms with Crippen LogP contribution in [0.1, 0.15) is 18.3 Å². The summed E-state index contributed by atoms with van der Waals surface area (Å²) in [6.07, 6.45) is 0. The van der Waals surface area contributed by atoms with Crippen LogP contribution in [0, 0.1) is 13.8 Å². The van der Waals surface area contributed by atoms with Gasteiger partial charge in [-0.2, -0.15) is 0 Å². The number of rotatable bonds is 6. The van der Waals surface area contributed by atoms with Crippen molar-refractivity contribution in [3.05, 3.63) is 41.7 Å². The Labute approximate surface area is 164 Å². The summed E-state index contributed by atoms with van der Waals surface area (Å²) in [6.45, 7) is 9.57. The first-order valence-electron chi connectivity index (χ1n) is 9.26. The third-order valence-electron chi connectivity index (χ3n) is 4.42. The van der Waals surface area contributed by atoms with Gasteiger partial charge in [-0.15, -0.1) is 0 Å². The van der Waals surface area contributed by atoms with Crippen molar-refractivity contribution in [2.75, 3.05) is 43.4 Å². The molecule has 3 rings (SSSR count). The van der Waals surface area contributed by atoms with Gasteiger partial charge in [0.05, 0.1) is 18.0 Å². The summed E-state index contributed by atoms with van der Waals surface area (Å²) < 4.78 is 5.73. The van der Waals surface area contributed by atoms with Crippen molar-refractivity contribution >= 4 is 23.4 Å². The van der Waals surface area contributed by atoms with Gasteiger partial charge in [0.15, 0.2) is 5.16 Å². The topological polar surface area (TPSA) is 58.6 Å². The molecule has 27 heavy (non-hydrogen) atoms. The Hall–Kier alpha value is -2.28. The highest BCUT2D eigenvalue weighted by Crippen LogP contribution is 2.29. The molecular formula is C20H26N4O2S. The number of carbonyl (C=O) groups excluding carboxylic acids is 1. The van der Waals surface area contributed by atoms with Gasteiger partial charge in [-0.25, -0.2) is 9.97 Å². The van der Waals surface area contributed by atoms with E-state index >= 15 is 0 Å². The lowest BCUT2D eigenvalue weighted by Crippen LogP contribution is -2.49. The maximum atomic E-state index is 12.6. The number of hydrogen-bond donors (Lipinski definition) is 0. The van der Waals surface area contributed by atoms with Gasteiger partial charge in [0.2, 0.25) is 5.91 Å². The van der Waals surface area contributed by atoms with E-state index in [-0.39, 0.29) is 5.91 Å². The van der Waals surface area contributed by atoms with Crippen molar-refractivity contribution in [2.45, 2.75) is 25.9 Å². The Balaban J connectivity index is 1.53. The average Bonchev–Trinajstić information content (AvgIpc) is 2.66. The minimum absolute atomic E-state index is 0.139. The summed E-state index contributed by atoms with van der Waals surface area (Å²) >= 11 is 1.41. The fourth-order valence-corrected chi connectivity index (χ4v) is 4.02. The number of benzene rings is 1. The lowest BCUT2D eigenvalue weighted by atomic mass is 10.2. The van der Waals surface area contributed by atoms with E-state index in [2.05, 4.69) is 20.9 Å². The second kappa shape index (κ2) is 9.08. The Morgan fingerprint density at radius 1 is 1.11 bits per heavy atom. The summed E-state index contributed by atoms with van der Waals surface area (Å²) in [5.41, 5.74) is 2.96. The molecule has 7 heteroatoms. The van der Waals surface area contributed by atoms with Crippen molar-refractivity contribution in [1.29, 1.82) is 0 Å². The van der Waals surface area contributed by atoms with Crippen LogP contribution in [0.5, 0.6) is 5.75 Å². The van der Waals surface area contributed by atoms with Crippen LogP contribution >= 0.6 is 11.8 Å². The van der Waals surface area contributed by atoms with Crippen LogP contribution in [0.25, 0.3) is 0 Å². The smallest absolute Gasteiger partial charge is 0.233 e. The minimum atomic E-state index is 0.139. The van der Waals surface area contributed by atoms with Crippen molar-refractivity contribution in [3.63, 3.8) is 0 Å². The Morgan fingerprint density at radius 3 is 2.44 bits per heavy atom. The highest BCUT2D eigenvalue weighted by molar-refractivity contribution is 7.99. The normalized spacial score (nSPS) is 14.3. The van der Waals surface area contributed by atoms with Crippen molar-refractivity contribution in [3.8, 4) is 5.75 Å². The lowest BCUT2D eigenvalue weighted by molar-refractivity contribution is -0.128. The van der Waals surface area contributed by atoms with Gasteiger partial charge < -0.3 is 14.5 Å². The van der Waals surface area contributed by atoms with Gasteiger partial charge in [-0.1, -0.05) is 23.9 Å². The SMILES string of the molecule is CCOc1ccccc1N1CCN(C(=O)CSc2nc(C)cc(C)n2)CC1. The molecule has 0 atom stereocenters. The molecule has 0 bridgehead atoms. The summed E-state index contributed by atoms with van der Waals surface area (Å²) in [5, 5.41) is 0.671. The van der Waals surface area contributed by atoms with Crippen LogP contribution in [0.3, 0.4) is 0 Å². The standard InChI is InChI=1S/C20H26N4O2S/c1-4-26-18-8-6-5-7-17(18)23-9-11-24(12-10-23)19(25)14-27-20-21-15(2)13-16(3)22-20/h5-8,13H,4,9-12,14H2,1-3H3. The van der Waals surface area contributed by atoms with Gasteiger partial charge in [0.1, 0.15) is 5.75 Å². The second-order valence-electron chi connectivity index (χ2n) is 6.49. The lowest BCUT2D eigenvalue weighted by Gasteiger charge is -2.36. The number of nitrogens with zero attached hydrogens (tertiary/aromatic N) is 4. The van der Waals surface area contributed by atoms with Gasteiger partial charge in [0, 0.05) is 37.6 Å². The van der Waals surface area contributed by atoms with E-state index in [1.165, 1.54) is 11.8 Å². The van der Waals surface area contributed by atoms with Crippen LogP contribution in [0.4, 0.5) is 5.69 Å². The molecule has 0 saturated carbocycles. The number of para-hydroxylation sites is 2. The van der Waals surface area contributed by atoms with Crippen LogP contribution in [-0.2, 0) is 4.79 Å². The molecule has 2 heterocycles. The van der Waals surface area contributed by atoms with Gasteiger partial charge in [0.25, 0.3) is 0 Å². The summed E-state index contributed by atoms with van der Waals surface area (Å²) in [7, 11) is 0. The fourth-order valence-electron chi connectivity index (χ4n) is 3.17. The number of anilines is 1. The van der Waals surface area contributed by atoms with E-state index < -0.39 is 0 Å². The van der Waals surface area contributed by atoms with E-state index in [4.69, 9.17) is 4.74 Å². The van der Waals surface area contributed by atoms with E-state index in [1.54, 1.807) is 0 Å². The maximum absolute atomic E-state index is 12.6. The molecule has 0 aliphatic carbocycles. The molecule has 1 aliphatic heterocycles. The van der Waals surface area contributed by atoms with E-state index in [0.717, 1.165) is 35.9 Å². The minimum Gasteiger partial charge on any atom is -0.492 e. The zero-order valence-corrected chi connectivity index (χ0v) is 17.0. The molecule has 0 unspecified atom stereocenters. The third kappa shape index (κ3) is 5.13. The molecule has 1 saturated heterocycles. The first-order chi connectivity index (χ1) is 13.1. The molecule has 1 amide bonds. The predicted molar refractivity (Wildman–Crippen MR) is 109 cm³/mol. The molecule has 0 N–H and O–H groups in total. The molecule has 144 valence electrons. The highest BCUT2D eigenvalue weighted by Gasteiger charge is 2.23. The quantitative estimate of drug-likeness (QED) is 0.562. The first kappa shape index (κ1) is 19.5. The highest BCUT2D eigenvalue weighted by atomic mass is 32.2. The molecule has 0 radical (unpaired) electrons. The van der Waals surface area contributed by atoms with Crippen LogP contribution in [-0.4, -0.2) is 59.3 Å². The van der Waals surface area contributed by atoms with Crippen LogP contribution < -0.4 is 9.64 Å². The van der Waals surface area contributed by atoms with E-state index in [1.807, 2.05) is 49.9 Å². The maximum Gasteiger partial charge on any atom is 0.233 e. The van der Waals surface area contributed by atoms with Gasteiger partial charge >= 0.3 is 0 Å². The number of thioether (sulfide) groups is 1. The number of carbonyl (C=O) groups is 1. The van der Waals surface area contributed by atoms with Crippen LogP contribution in [0.15, 0.2) is 35.5 Å². The molecule has 2 aromatic rings. The van der Waals surface area contributed by atoms with Gasteiger partial charge in [-0.3, -0.25) is 4.79 Å². The van der Waals surface area contributed by atoms with E-state index in [9.17, 15) is 4.79 Å². The summed E-state index contributed by atoms with van der Waals surface area (Å²) in [5.74, 6) is 1.42. The molecular weight excluding hydrogens is 360 g/mol. The number of aryl methyl sites for hydroxylation is 2. The zero-order valence-electron chi connectivity index (χ0n) is 16.1. The van der Waals surface area contributed by atoms with Gasteiger partial charge in [-0.05, 0) is 39.0 Å². The number of amides is 1. The molecule has 6 nitrogen and oxygen atoms in total. The number of ether oxygens (including phenoxy) is 1. The molecule has 1 aromatic carbocycles. The van der Waals surface area contributed by atoms with Crippen molar-refractivity contribution in [1.82, 2.24) is 14.9 Å². The van der Waals surface area contributed by atoms with Crippen molar-refractivity contribution in [2.24, 2.45) is 0 Å². The van der Waals surface area contributed by atoms with Crippen LogP contribution in [0.2, 0.25) is 0 Å². The molecule has 1 aliphatic rings. The zero-order chi connectivity index (χ0) is 19.2. The summed E-state index contributed by atoms with van der Waals surface area (Å²) in [6, 6.07) is 10.0. The van der Waals surface area contributed by atoms with Crippen molar-refractivity contribution < 1.29 is 9.53 Å². The summed E-state index contributed by atoms with van der Waals surface area (Å²) in [4.78, 5) is 25.6. The first-order valence-corrected chi connectivity index (χ1v) is 10.2. The molecule has 1 aromatic heterocycles. The number of aromatic nitrogens is 2. The second-order valence-corrected chi connectivity index (χ2v) is 7.43. The predicted octanol–water partition coefficient (Wildman–Crippen LogP) is 2.93. The van der Waals surface area contributed by atoms with E-state index in [0.29, 0.717) is 30.6 Å². The third-order valence-corrected chi connectivity index (χ3v) is 5.26. The Kier molecular flexibility index (Phi) is 6.55. The Morgan fingerprint density at radius 2 is 1.78 bits per heavy atom. The monoisotopic (exact) mass is 386 g/mol. The average molecular weight is 387 g/mol. The fraction of sp³-hybridized carbons (Fsp3) is 0.450. The number of piperazine rings is 1. The largest absolute Gasteiger partial charge is 0.492 e.